The van der Waals surface area contributed by atoms with Crippen LogP contribution in [-0.2, 0) is 13.0 Å². The van der Waals surface area contributed by atoms with Crippen LogP contribution in [0.4, 0.5) is 5.69 Å². The molecule has 3 nitrogen and oxygen atoms in total. The minimum absolute atomic E-state index is 0.675. The highest BCUT2D eigenvalue weighted by atomic mass is 32.1. The van der Waals surface area contributed by atoms with Crippen LogP contribution in [0.5, 0.6) is 5.75 Å². The fraction of sp³-hybridized carbons (Fsp3) is 0.192. The Hall–Kier alpha value is -3.11. The summed E-state index contributed by atoms with van der Waals surface area (Å²) < 4.78 is 7.93. The third-order valence-corrected chi connectivity index (χ3v) is 5.85. The highest BCUT2D eigenvalue weighted by Gasteiger charge is 2.09. The normalized spacial score (nSPS) is 11.6. The lowest BCUT2D eigenvalue weighted by molar-refractivity contribution is 0.340. The molecule has 1 heterocycles. The summed E-state index contributed by atoms with van der Waals surface area (Å²) in [6, 6.07) is 27.3. The predicted molar refractivity (Wildman–Crippen MR) is 125 cm³/mol. The maximum absolute atomic E-state index is 5.60. The first-order valence-corrected chi connectivity index (χ1v) is 11.2. The summed E-state index contributed by atoms with van der Waals surface area (Å²) >= 11 is 1.68. The van der Waals surface area contributed by atoms with Crippen molar-refractivity contribution in [2.45, 2.75) is 26.8 Å². The van der Waals surface area contributed by atoms with E-state index in [0.717, 1.165) is 29.2 Å². The molecule has 0 N–H and O–H groups in total. The quantitative estimate of drug-likeness (QED) is 0.344. The fourth-order valence-electron chi connectivity index (χ4n) is 3.37. The van der Waals surface area contributed by atoms with Crippen molar-refractivity contribution in [2.24, 2.45) is 4.99 Å². The molecule has 0 aliphatic rings. The zero-order valence-electron chi connectivity index (χ0n) is 17.4. The van der Waals surface area contributed by atoms with Crippen molar-refractivity contribution in [1.82, 2.24) is 4.57 Å². The second kappa shape index (κ2) is 9.59. The molecule has 4 rings (SSSR count). The van der Waals surface area contributed by atoms with E-state index in [1.807, 2.05) is 19.1 Å². The molecular formula is C26H26N2OS. The van der Waals surface area contributed by atoms with Gasteiger partial charge in [0, 0.05) is 11.9 Å². The Bertz CT molecular complexity index is 1140. The third-order valence-electron chi connectivity index (χ3n) is 4.98. The predicted octanol–water partition coefficient (Wildman–Crippen LogP) is 6.40. The van der Waals surface area contributed by atoms with Gasteiger partial charge in [-0.15, -0.1) is 11.3 Å². The van der Waals surface area contributed by atoms with E-state index in [9.17, 15) is 0 Å². The first kappa shape index (κ1) is 20.2. The Morgan fingerprint density at radius 2 is 1.63 bits per heavy atom. The fourth-order valence-corrected chi connectivity index (χ4v) is 4.32. The van der Waals surface area contributed by atoms with E-state index in [4.69, 9.17) is 9.73 Å². The minimum atomic E-state index is 0.675. The van der Waals surface area contributed by atoms with Crippen molar-refractivity contribution in [2.75, 3.05) is 6.61 Å². The molecule has 0 aliphatic heterocycles. The van der Waals surface area contributed by atoms with Crippen molar-refractivity contribution in [3.05, 3.63) is 100 Å². The lowest BCUT2D eigenvalue weighted by atomic mass is 10.1. The van der Waals surface area contributed by atoms with E-state index in [-0.39, 0.29) is 0 Å². The Balaban J connectivity index is 1.71. The van der Waals surface area contributed by atoms with Crippen LogP contribution in [0.15, 0.2) is 89.2 Å². The molecule has 0 atom stereocenters. The van der Waals surface area contributed by atoms with Gasteiger partial charge in [0.15, 0.2) is 4.80 Å². The molecule has 0 saturated carbocycles. The summed E-state index contributed by atoms with van der Waals surface area (Å²) in [6.07, 6.45) is 0.961. The van der Waals surface area contributed by atoms with E-state index in [1.165, 1.54) is 22.4 Å². The average Bonchev–Trinajstić information content (AvgIpc) is 3.18. The summed E-state index contributed by atoms with van der Waals surface area (Å²) in [6.45, 7) is 5.65. The number of rotatable bonds is 7. The highest BCUT2D eigenvalue weighted by molar-refractivity contribution is 7.07. The van der Waals surface area contributed by atoms with Gasteiger partial charge in [-0.05, 0) is 67.8 Å². The summed E-state index contributed by atoms with van der Waals surface area (Å²) in [5.74, 6) is 0.900. The molecule has 152 valence electrons. The summed E-state index contributed by atoms with van der Waals surface area (Å²) in [5, 5.41) is 2.20. The van der Waals surface area contributed by atoms with Crippen LogP contribution in [0.1, 0.15) is 18.1 Å². The minimum Gasteiger partial charge on any atom is -0.494 e. The molecular weight excluding hydrogens is 388 g/mol. The molecule has 0 aliphatic carbocycles. The molecule has 0 bridgehead atoms. The lowest BCUT2D eigenvalue weighted by Crippen LogP contribution is -2.17. The van der Waals surface area contributed by atoms with E-state index < -0.39 is 0 Å². The number of benzene rings is 3. The Morgan fingerprint density at radius 1 is 0.900 bits per heavy atom. The van der Waals surface area contributed by atoms with Gasteiger partial charge in [0.1, 0.15) is 5.75 Å². The van der Waals surface area contributed by atoms with Gasteiger partial charge in [-0.3, -0.25) is 0 Å². The molecule has 0 amide bonds. The Morgan fingerprint density at radius 3 is 2.33 bits per heavy atom. The first-order valence-electron chi connectivity index (χ1n) is 10.3. The second-order valence-electron chi connectivity index (χ2n) is 7.20. The SMILES string of the molecule is CCOc1ccc(-c2csc(=Nc3ccc(C)cc3)n2CCc2ccccc2)cc1. The number of aromatic nitrogens is 1. The number of aryl methyl sites for hydroxylation is 2. The van der Waals surface area contributed by atoms with E-state index in [2.05, 4.69) is 83.6 Å². The molecule has 4 aromatic rings. The molecule has 0 unspecified atom stereocenters. The molecule has 0 radical (unpaired) electrons. The van der Waals surface area contributed by atoms with Crippen LogP contribution in [0, 0.1) is 6.92 Å². The maximum Gasteiger partial charge on any atom is 0.190 e. The average molecular weight is 415 g/mol. The maximum atomic E-state index is 5.60. The van der Waals surface area contributed by atoms with E-state index in [0.29, 0.717) is 6.61 Å². The van der Waals surface area contributed by atoms with Gasteiger partial charge in [0.25, 0.3) is 0 Å². The lowest BCUT2D eigenvalue weighted by Gasteiger charge is -2.10. The molecule has 0 saturated heterocycles. The molecule has 3 aromatic carbocycles. The van der Waals surface area contributed by atoms with E-state index >= 15 is 0 Å². The summed E-state index contributed by atoms with van der Waals surface area (Å²) in [7, 11) is 0. The largest absolute Gasteiger partial charge is 0.494 e. The number of hydrogen-bond acceptors (Lipinski definition) is 3. The van der Waals surface area contributed by atoms with Gasteiger partial charge in [0.05, 0.1) is 18.0 Å². The first-order chi connectivity index (χ1) is 14.7. The van der Waals surface area contributed by atoms with Crippen LogP contribution in [0.3, 0.4) is 0 Å². The highest BCUT2D eigenvalue weighted by Crippen LogP contribution is 2.24. The van der Waals surface area contributed by atoms with Crippen molar-refractivity contribution < 1.29 is 4.74 Å². The zero-order chi connectivity index (χ0) is 20.8. The van der Waals surface area contributed by atoms with Gasteiger partial charge in [-0.25, -0.2) is 4.99 Å². The smallest absolute Gasteiger partial charge is 0.190 e. The number of ether oxygens (including phenoxy) is 1. The number of thiazole rings is 1. The molecule has 30 heavy (non-hydrogen) atoms. The summed E-state index contributed by atoms with van der Waals surface area (Å²) in [5.41, 5.74) is 5.91. The third kappa shape index (κ3) is 4.89. The van der Waals surface area contributed by atoms with Crippen LogP contribution in [0.25, 0.3) is 11.3 Å². The monoisotopic (exact) mass is 414 g/mol. The number of nitrogens with zero attached hydrogens (tertiary/aromatic N) is 2. The zero-order valence-corrected chi connectivity index (χ0v) is 18.2. The van der Waals surface area contributed by atoms with Crippen LogP contribution in [0.2, 0.25) is 0 Å². The van der Waals surface area contributed by atoms with Gasteiger partial charge in [0.2, 0.25) is 0 Å². The van der Waals surface area contributed by atoms with Crippen LogP contribution in [-0.4, -0.2) is 11.2 Å². The Kier molecular flexibility index (Phi) is 6.45. The van der Waals surface area contributed by atoms with E-state index in [1.54, 1.807) is 11.3 Å². The standard InChI is InChI=1S/C26H26N2OS/c1-3-29-24-15-11-22(12-16-24)25-19-30-26(27-23-13-9-20(2)10-14-23)28(25)18-17-21-7-5-4-6-8-21/h4-16,19H,3,17-18H2,1-2H3. The van der Waals surface area contributed by atoms with Crippen molar-refractivity contribution in [3.63, 3.8) is 0 Å². The van der Waals surface area contributed by atoms with Crippen molar-refractivity contribution in [3.8, 4) is 17.0 Å². The molecule has 4 heteroatoms. The van der Waals surface area contributed by atoms with Gasteiger partial charge in [-0.2, -0.15) is 0 Å². The molecule has 1 aromatic heterocycles. The van der Waals surface area contributed by atoms with Gasteiger partial charge < -0.3 is 9.30 Å². The topological polar surface area (TPSA) is 26.5 Å². The van der Waals surface area contributed by atoms with Crippen molar-refractivity contribution in [1.29, 1.82) is 0 Å². The van der Waals surface area contributed by atoms with Gasteiger partial charge >= 0.3 is 0 Å². The van der Waals surface area contributed by atoms with Crippen molar-refractivity contribution >= 4 is 17.0 Å². The van der Waals surface area contributed by atoms with Gasteiger partial charge in [-0.1, -0.05) is 48.0 Å². The van der Waals surface area contributed by atoms with Crippen LogP contribution < -0.4 is 9.54 Å². The number of hydrogen-bond donors (Lipinski definition) is 0. The molecule has 0 spiro atoms. The molecule has 0 fully saturated rings. The second-order valence-corrected chi connectivity index (χ2v) is 8.03. The van der Waals surface area contributed by atoms with Crippen LogP contribution >= 0.6 is 11.3 Å². The summed E-state index contributed by atoms with van der Waals surface area (Å²) in [4.78, 5) is 5.96. The Labute approximate surface area is 182 Å².